The van der Waals surface area contributed by atoms with Crippen LogP contribution >= 0.6 is 12.2 Å². The standard InChI is InChI=1S/C20H17FN4O2S/c1-12-9-14(11-23-17(12)22-2)24-18(26)20(7-4-8-20)25(19(24)28)13-5-6-15(21)16(10-13)27-3/h5-6,9-11H,4,7-8H2,1,3H3. The lowest BCUT2D eigenvalue weighted by Crippen LogP contribution is -2.55. The van der Waals surface area contributed by atoms with Crippen molar-refractivity contribution in [1.29, 1.82) is 0 Å². The third-order valence-corrected chi connectivity index (χ3v) is 5.75. The van der Waals surface area contributed by atoms with Gasteiger partial charge in [0, 0.05) is 11.8 Å². The van der Waals surface area contributed by atoms with Crippen LogP contribution in [0.3, 0.4) is 0 Å². The summed E-state index contributed by atoms with van der Waals surface area (Å²) in [5.41, 5.74) is 1.04. The van der Waals surface area contributed by atoms with Gasteiger partial charge in [-0.2, -0.15) is 0 Å². The molecule has 1 saturated carbocycles. The van der Waals surface area contributed by atoms with Crippen LogP contribution < -0.4 is 14.5 Å². The Morgan fingerprint density at radius 3 is 2.64 bits per heavy atom. The van der Waals surface area contributed by atoms with Crippen molar-refractivity contribution in [3.8, 4) is 5.75 Å². The van der Waals surface area contributed by atoms with Crippen molar-refractivity contribution < 1.29 is 13.9 Å². The van der Waals surface area contributed by atoms with E-state index in [2.05, 4.69) is 9.83 Å². The van der Waals surface area contributed by atoms with E-state index in [1.165, 1.54) is 24.3 Å². The van der Waals surface area contributed by atoms with Gasteiger partial charge in [0.2, 0.25) is 0 Å². The van der Waals surface area contributed by atoms with Crippen LogP contribution in [0.25, 0.3) is 4.85 Å². The van der Waals surface area contributed by atoms with E-state index in [0.29, 0.717) is 40.7 Å². The molecule has 0 unspecified atom stereocenters. The smallest absolute Gasteiger partial charge is 0.272 e. The van der Waals surface area contributed by atoms with Crippen molar-refractivity contribution in [2.24, 2.45) is 0 Å². The molecule has 1 amide bonds. The summed E-state index contributed by atoms with van der Waals surface area (Å²) in [5.74, 6) is -0.208. The van der Waals surface area contributed by atoms with Crippen molar-refractivity contribution in [3.63, 3.8) is 0 Å². The van der Waals surface area contributed by atoms with E-state index in [1.54, 1.807) is 30.0 Å². The number of hydrogen-bond donors (Lipinski definition) is 0. The molecule has 6 nitrogen and oxygen atoms in total. The van der Waals surface area contributed by atoms with Gasteiger partial charge in [-0.3, -0.25) is 9.69 Å². The Morgan fingerprint density at radius 1 is 1.32 bits per heavy atom. The molecule has 1 aromatic carbocycles. The number of aryl methyl sites for hydroxylation is 1. The molecule has 1 spiro atoms. The van der Waals surface area contributed by atoms with E-state index in [9.17, 15) is 9.18 Å². The molecule has 1 aromatic heterocycles. The van der Waals surface area contributed by atoms with Gasteiger partial charge < -0.3 is 14.5 Å². The van der Waals surface area contributed by atoms with Crippen LogP contribution in [0.5, 0.6) is 5.75 Å². The summed E-state index contributed by atoms with van der Waals surface area (Å²) < 4.78 is 19.0. The van der Waals surface area contributed by atoms with E-state index < -0.39 is 11.4 Å². The summed E-state index contributed by atoms with van der Waals surface area (Å²) in [7, 11) is 1.40. The average molecular weight is 396 g/mol. The molecule has 1 saturated heterocycles. The molecule has 2 aromatic rings. The van der Waals surface area contributed by atoms with Crippen molar-refractivity contribution in [1.82, 2.24) is 4.98 Å². The summed E-state index contributed by atoms with van der Waals surface area (Å²) in [6.45, 7) is 8.92. The van der Waals surface area contributed by atoms with Gasteiger partial charge in [0.05, 0.1) is 12.8 Å². The van der Waals surface area contributed by atoms with Gasteiger partial charge >= 0.3 is 0 Å². The van der Waals surface area contributed by atoms with E-state index >= 15 is 0 Å². The number of nitrogens with zero attached hydrogens (tertiary/aromatic N) is 4. The first-order valence-electron chi connectivity index (χ1n) is 8.79. The van der Waals surface area contributed by atoms with Crippen LogP contribution in [-0.2, 0) is 4.79 Å². The van der Waals surface area contributed by atoms with Crippen LogP contribution in [0, 0.1) is 19.3 Å². The Labute approximate surface area is 167 Å². The predicted molar refractivity (Wildman–Crippen MR) is 107 cm³/mol. The quantitative estimate of drug-likeness (QED) is 0.576. The van der Waals surface area contributed by atoms with Crippen molar-refractivity contribution in [2.75, 3.05) is 16.9 Å². The molecular formula is C20H17FN4O2S. The number of benzene rings is 1. The number of anilines is 2. The van der Waals surface area contributed by atoms with Gasteiger partial charge in [0.25, 0.3) is 11.7 Å². The van der Waals surface area contributed by atoms with Crippen LogP contribution in [0.2, 0.25) is 0 Å². The predicted octanol–water partition coefficient (Wildman–Crippen LogP) is 4.15. The fourth-order valence-corrected chi connectivity index (χ4v) is 4.26. The number of methoxy groups -OCH3 is 1. The molecule has 1 aliphatic heterocycles. The van der Waals surface area contributed by atoms with Crippen molar-refractivity contribution in [3.05, 3.63) is 53.3 Å². The molecule has 0 radical (unpaired) electrons. The summed E-state index contributed by atoms with van der Waals surface area (Å²) in [4.78, 5) is 24.2. The molecule has 4 rings (SSSR count). The normalized spacial score (nSPS) is 17.6. The number of halogens is 1. The minimum atomic E-state index is -0.772. The van der Waals surface area contributed by atoms with E-state index in [1.807, 2.05) is 0 Å². The second-order valence-corrected chi connectivity index (χ2v) is 7.27. The van der Waals surface area contributed by atoms with Crippen molar-refractivity contribution in [2.45, 2.75) is 31.7 Å². The second-order valence-electron chi connectivity index (χ2n) is 6.91. The first-order chi connectivity index (χ1) is 13.4. The van der Waals surface area contributed by atoms with Crippen LogP contribution in [0.1, 0.15) is 24.8 Å². The van der Waals surface area contributed by atoms with Gasteiger partial charge in [0.15, 0.2) is 16.7 Å². The Bertz CT molecular complexity index is 1040. The lowest BCUT2D eigenvalue weighted by molar-refractivity contribution is -0.123. The molecule has 8 heteroatoms. The average Bonchev–Trinajstić information content (AvgIpc) is 2.89. The Balaban J connectivity index is 1.81. The second kappa shape index (κ2) is 6.53. The molecule has 28 heavy (non-hydrogen) atoms. The summed E-state index contributed by atoms with van der Waals surface area (Å²) in [5, 5.41) is 0.315. The van der Waals surface area contributed by atoms with Crippen LogP contribution in [0.15, 0.2) is 30.5 Å². The fourth-order valence-electron chi connectivity index (χ4n) is 3.79. The number of hydrogen-bond acceptors (Lipinski definition) is 4. The summed E-state index contributed by atoms with van der Waals surface area (Å²) >= 11 is 5.68. The van der Waals surface area contributed by atoms with Gasteiger partial charge in [-0.1, -0.05) is 6.57 Å². The van der Waals surface area contributed by atoms with Gasteiger partial charge in [-0.25, -0.2) is 4.39 Å². The maximum Gasteiger partial charge on any atom is 0.272 e. The summed E-state index contributed by atoms with van der Waals surface area (Å²) in [6.07, 6.45) is 3.72. The number of thiocarbonyl (C=S) groups is 1. The molecule has 142 valence electrons. The fraction of sp³-hybridized carbons (Fsp3) is 0.300. The SMILES string of the molecule is [C-]#[N+]c1ncc(N2C(=O)C3(CCC3)N(c3ccc(F)c(OC)c3)C2=S)cc1C. The molecule has 2 heterocycles. The highest BCUT2D eigenvalue weighted by molar-refractivity contribution is 7.81. The highest BCUT2D eigenvalue weighted by Gasteiger charge is 2.59. The number of amides is 1. The third kappa shape index (κ3) is 2.47. The van der Waals surface area contributed by atoms with Crippen LogP contribution in [0.4, 0.5) is 21.6 Å². The number of pyridine rings is 1. The molecule has 0 atom stereocenters. The van der Waals surface area contributed by atoms with Gasteiger partial charge in [-0.15, -0.1) is 4.98 Å². The molecule has 2 fully saturated rings. The molecular weight excluding hydrogens is 379 g/mol. The monoisotopic (exact) mass is 396 g/mol. The van der Waals surface area contributed by atoms with Gasteiger partial charge in [0.1, 0.15) is 11.7 Å². The Hall–Kier alpha value is -3.05. The lowest BCUT2D eigenvalue weighted by atomic mass is 9.75. The number of rotatable bonds is 3. The van der Waals surface area contributed by atoms with Crippen LogP contribution in [-0.4, -0.2) is 28.7 Å². The number of carbonyl (C=O) groups excluding carboxylic acids is 1. The zero-order chi connectivity index (χ0) is 20.1. The first kappa shape index (κ1) is 18.3. The maximum absolute atomic E-state index is 13.9. The molecule has 2 aliphatic rings. The molecule has 0 N–H and O–H groups in total. The largest absolute Gasteiger partial charge is 0.494 e. The zero-order valence-electron chi connectivity index (χ0n) is 15.4. The van der Waals surface area contributed by atoms with Crippen molar-refractivity contribution >= 4 is 40.4 Å². The third-order valence-electron chi connectivity index (χ3n) is 5.39. The van der Waals surface area contributed by atoms with Gasteiger partial charge in [-0.05, 0) is 62.2 Å². The molecule has 0 bridgehead atoms. The highest BCUT2D eigenvalue weighted by atomic mass is 32.1. The number of carbonyl (C=O) groups is 1. The van der Waals surface area contributed by atoms with E-state index in [-0.39, 0.29) is 11.7 Å². The topological polar surface area (TPSA) is 50.0 Å². The lowest BCUT2D eigenvalue weighted by Gasteiger charge is -2.43. The molecule has 1 aliphatic carbocycles. The first-order valence-corrected chi connectivity index (χ1v) is 9.20. The zero-order valence-corrected chi connectivity index (χ0v) is 16.2. The minimum Gasteiger partial charge on any atom is -0.494 e. The van der Waals surface area contributed by atoms with E-state index in [4.69, 9.17) is 23.5 Å². The highest BCUT2D eigenvalue weighted by Crippen LogP contribution is 2.48. The maximum atomic E-state index is 13.9. The number of aromatic nitrogens is 1. The Morgan fingerprint density at radius 2 is 2.07 bits per heavy atom. The Kier molecular flexibility index (Phi) is 4.27. The summed E-state index contributed by atoms with van der Waals surface area (Å²) in [6, 6.07) is 6.22. The van der Waals surface area contributed by atoms with E-state index in [0.717, 1.165) is 6.42 Å². The minimum absolute atomic E-state index is 0.0968. The number of ether oxygens (including phenoxy) is 1.